The molecule has 5 heteroatoms. The van der Waals surface area contributed by atoms with Crippen LogP contribution in [0.4, 0.5) is 8.78 Å². The average Bonchev–Trinajstić information content (AvgIpc) is 2.37. The minimum Gasteiger partial charge on any atom is -0.435 e. The lowest BCUT2D eigenvalue weighted by molar-refractivity contribution is -0.0498. The first-order valence-corrected chi connectivity index (χ1v) is 6.92. The Hall–Kier alpha value is -1.20. The molecule has 1 aromatic rings. The zero-order valence-corrected chi connectivity index (χ0v) is 12.2. The van der Waals surface area contributed by atoms with Gasteiger partial charge in [0, 0.05) is 31.2 Å². The number of benzene rings is 1. The number of hydrogen-bond donors (Lipinski definition) is 1. The second-order valence-electron chi connectivity index (χ2n) is 5.81. The quantitative estimate of drug-likeness (QED) is 0.919. The normalized spacial score (nSPS) is 20.9. The van der Waals surface area contributed by atoms with Crippen molar-refractivity contribution in [1.82, 2.24) is 10.2 Å². The smallest absolute Gasteiger partial charge is 0.387 e. The van der Waals surface area contributed by atoms with Crippen LogP contribution in [0, 0.1) is 0 Å². The largest absolute Gasteiger partial charge is 0.435 e. The molecular weight excluding hydrogens is 262 g/mol. The zero-order chi connectivity index (χ0) is 14.8. The summed E-state index contributed by atoms with van der Waals surface area (Å²) in [5.74, 6) is 0.204. The van der Waals surface area contributed by atoms with Crippen molar-refractivity contribution in [3.63, 3.8) is 0 Å². The Balaban J connectivity index is 2.10. The molecule has 1 aliphatic heterocycles. The topological polar surface area (TPSA) is 24.5 Å². The van der Waals surface area contributed by atoms with Crippen LogP contribution in [0.25, 0.3) is 0 Å². The SMILES string of the molecule is CC(c1ccc(OC(F)F)cc1)N1CCNCC1(C)C. The van der Waals surface area contributed by atoms with Crippen LogP contribution in [-0.2, 0) is 0 Å². The first-order valence-electron chi connectivity index (χ1n) is 6.92. The summed E-state index contributed by atoms with van der Waals surface area (Å²) < 4.78 is 28.6. The van der Waals surface area contributed by atoms with Crippen LogP contribution in [0.2, 0.25) is 0 Å². The van der Waals surface area contributed by atoms with Gasteiger partial charge in [0.1, 0.15) is 5.75 Å². The predicted octanol–water partition coefficient (Wildman–Crippen LogP) is 3.03. The van der Waals surface area contributed by atoms with Crippen molar-refractivity contribution in [1.29, 1.82) is 0 Å². The Bertz CT molecular complexity index is 434. The van der Waals surface area contributed by atoms with E-state index in [9.17, 15) is 8.78 Å². The van der Waals surface area contributed by atoms with Gasteiger partial charge in [-0.1, -0.05) is 12.1 Å². The number of nitrogens with one attached hydrogen (secondary N) is 1. The lowest BCUT2D eigenvalue weighted by Gasteiger charge is -2.46. The Morgan fingerprint density at radius 1 is 1.25 bits per heavy atom. The van der Waals surface area contributed by atoms with Gasteiger partial charge in [-0.15, -0.1) is 0 Å². The van der Waals surface area contributed by atoms with Crippen molar-refractivity contribution in [2.45, 2.75) is 39.0 Å². The summed E-state index contributed by atoms with van der Waals surface area (Å²) in [4.78, 5) is 2.44. The van der Waals surface area contributed by atoms with Crippen LogP contribution in [0.3, 0.4) is 0 Å². The molecule has 0 amide bonds. The number of alkyl halides is 2. The van der Waals surface area contributed by atoms with Crippen LogP contribution < -0.4 is 10.1 Å². The maximum Gasteiger partial charge on any atom is 0.387 e. The minimum absolute atomic E-state index is 0.0792. The van der Waals surface area contributed by atoms with Gasteiger partial charge < -0.3 is 10.1 Å². The molecule has 3 nitrogen and oxygen atoms in total. The first kappa shape index (κ1) is 15.2. The van der Waals surface area contributed by atoms with Crippen molar-refractivity contribution >= 4 is 0 Å². The van der Waals surface area contributed by atoms with E-state index < -0.39 is 6.61 Å². The monoisotopic (exact) mass is 284 g/mol. The van der Waals surface area contributed by atoms with Crippen LogP contribution in [-0.4, -0.2) is 36.7 Å². The number of halogens is 2. The highest BCUT2D eigenvalue weighted by Gasteiger charge is 2.33. The molecule has 1 aromatic carbocycles. The third-order valence-electron chi connectivity index (χ3n) is 3.92. The van der Waals surface area contributed by atoms with Crippen LogP contribution >= 0.6 is 0 Å². The van der Waals surface area contributed by atoms with E-state index >= 15 is 0 Å². The van der Waals surface area contributed by atoms with E-state index in [0.717, 1.165) is 25.2 Å². The summed E-state index contributed by atoms with van der Waals surface area (Å²) in [7, 11) is 0. The van der Waals surface area contributed by atoms with E-state index in [1.54, 1.807) is 12.1 Å². The van der Waals surface area contributed by atoms with Gasteiger partial charge >= 0.3 is 6.61 Å². The summed E-state index contributed by atoms with van der Waals surface area (Å²) in [5.41, 5.74) is 1.19. The molecule has 0 spiro atoms. The van der Waals surface area contributed by atoms with Crippen molar-refractivity contribution in [2.24, 2.45) is 0 Å². The molecule has 1 atom stereocenters. The van der Waals surface area contributed by atoms with Gasteiger partial charge in [-0.2, -0.15) is 8.78 Å². The molecule has 0 radical (unpaired) electrons. The molecule has 1 N–H and O–H groups in total. The molecule has 0 aromatic heterocycles. The number of rotatable bonds is 4. The van der Waals surface area contributed by atoms with Crippen LogP contribution in [0.1, 0.15) is 32.4 Å². The van der Waals surface area contributed by atoms with Gasteiger partial charge in [0.05, 0.1) is 0 Å². The molecule has 0 bridgehead atoms. The highest BCUT2D eigenvalue weighted by Crippen LogP contribution is 2.30. The van der Waals surface area contributed by atoms with E-state index in [2.05, 4.69) is 35.7 Å². The Kier molecular flexibility index (Phi) is 4.60. The van der Waals surface area contributed by atoms with Crippen molar-refractivity contribution in [2.75, 3.05) is 19.6 Å². The van der Waals surface area contributed by atoms with Gasteiger partial charge in [0.25, 0.3) is 0 Å². The Morgan fingerprint density at radius 3 is 2.45 bits per heavy atom. The number of hydrogen-bond acceptors (Lipinski definition) is 3. The first-order chi connectivity index (χ1) is 9.40. The molecule has 112 valence electrons. The lowest BCUT2D eigenvalue weighted by Crippen LogP contribution is -2.58. The highest BCUT2D eigenvalue weighted by atomic mass is 19.3. The summed E-state index contributed by atoms with van der Waals surface area (Å²) in [5, 5.41) is 3.40. The van der Waals surface area contributed by atoms with Gasteiger partial charge in [0.15, 0.2) is 0 Å². The number of ether oxygens (including phenoxy) is 1. The van der Waals surface area contributed by atoms with Gasteiger partial charge in [0.2, 0.25) is 0 Å². The van der Waals surface area contributed by atoms with E-state index in [1.807, 2.05) is 12.1 Å². The van der Waals surface area contributed by atoms with Crippen LogP contribution in [0.15, 0.2) is 24.3 Å². The molecule has 1 aliphatic rings. The predicted molar refractivity (Wildman–Crippen MR) is 75.1 cm³/mol. The van der Waals surface area contributed by atoms with Gasteiger partial charge in [-0.25, -0.2) is 0 Å². The fourth-order valence-electron chi connectivity index (χ4n) is 2.82. The maximum absolute atomic E-state index is 12.1. The molecular formula is C15H22F2N2O. The molecule has 0 aliphatic carbocycles. The fourth-order valence-corrected chi connectivity index (χ4v) is 2.82. The van der Waals surface area contributed by atoms with E-state index in [4.69, 9.17) is 0 Å². The zero-order valence-electron chi connectivity index (χ0n) is 12.2. The summed E-state index contributed by atoms with van der Waals surface area (Å²) in [6.45, 7) is 6.70. The van der Waals surface area contributed by atoms with E-state index in [-0.39, 0.29) is 17.3 Å². The fraction of sp³-hybridized carbons (Fsp3) is 0.600. The summed E-state index contributed by atoms with van der Waals surface area (Å²) >= 11 is 0. The molecule has 1 fully saturated rings. The van der Waals surface area contributed by atoms with Crippen molar-refractivity contribution in [3.8, 4) is 5.75 Å². The summed E-state index contributed by atoms with van der Waals surface area (Å²) in [6.07, 6.45) is 0. The minimum atomic E-state index is -2.77. The molecule has 2 rings (SSSR count). The van der Waals surface area contributed by atoms with Gasteiger partial charge in [-0.05, 0) is 38.5 Å². The van der Waals surface area contributed by atoms with Crippen molar-refractivity contribution in [3.05, 3.63) is 29.8 Å². The highest BCUT2D eigenvalue weighted by molar-refractivity contribution is 5.29. The number of piperazine rings is 1. The van der Waals surface area contributed by atoms with Crippen molar-refractivity contribution < 1.29 is 13.5 Å². The van der Waals surface area contributed by atoms with E-state index in [0.29, 0.717) is 0 Å². The second-order valence-corrected chi connectivity index (χ2v) is 5.81. The second kappa shape index (κ2) is 6.06. The molecule has 1 saturated heterocycles. The number of nitrogens with zero attached hydrogens (tertiary/aromatic N) is 1. The lowest BCUT2D eigenvalue weighted by atomic mass is 9.95. The van der Waals surface area contributed by atoms with E-state index in [1.165, 1.54) is 0 Å². The standard InChI is InChI=1S/C15H22F2N2O/c1-11(19-9-8-18-10-15(19,2)3)12-4-6-13(7-5-12)20-14(16)17/h4-7,11,14,18H,8-10H2,1-3H3. The van der Waals surface area contributed by atoms with Crippen LogP contribution in [0.5, 0.6) is 5.75 Å². The van der Waals surface area contributed by atoms with Gasteiger partial charge in [-0.3, -0.25) is 4.90 Å². The molecule has 1 unspecified atom stereocenters. The Labute approximate surface area is 118 Å². The third-order valence-corrected chi connectivity index (χ3v) is 3.92. The maximum atomic E-state index is 12.1. The third kappa shape index (κ3) is 3.46. The summed E-state index contributed by atoms with van der Waals surface area (Å²) in [6, 6.07) is 7.18. The molecule has 20 heavy (non-hydrogen) atoms. The Morgan fingerprint density at radius 2 is 1.90 bits per heavy atom. The molecule has 0 saturated carbocycles. The average molecular weight is 284 g/mol. The molecule has 1 heterocycles.